The molecule has 1 aliphatic carbocycles. The first-order chi connectivity index (χ1) is 13.3. The Morgan fingerprint density at radius 1 is 1.19 bits per heavy atom. The third-order valence-corrected chi connectivity index (χ3v) is 5.31. The number of H-pyrrole nitrogens is 1. The number of hydrogen-bond donors (Lipinski definition) is 2. The van der Waals surface area contributed by atoms with Crippen molar-refractivity contribution >= 4 is 11.8 Å². The van der Waals surface area contributed by atoms with Gasteiger partial charge in [0.15, 0.2) is 5.82 Å². The topological polar surface area (TPSA) is 105 Å². The van der Waals surface area contributed by atoms with Crippen LogP contribution in [0.25, 0.3) is 5.69 Å². The van der Waals surface area contributed by atoms with E-state index in [0.717, 1.165) is 54.9 Å². The summed E-state index contributed by atoms with van der Waals surface area (Å²) in [5.74, 6) is 1.34. The average molecular weight is 364 g/mol. The number of para-hydroxylation sites is 1. The summed E-state index contributed by atoms with van der Waals surface area (Å²) in [5.41, 5.74) is 3.16. The number of aryl methyl sites for hydroxylation is 1. The molecule has 1 aliphatic heterocycles. The molecule has 0 radical (unpaired) electrons. The second kappa shape index (κ2) is 6.49. The predicted molar refractivity (Wildman–Crippen MR) is 97.5 cm³/mol. The highest BCUT2D eigenvalue weighted by atomic mass is 16.2. The molecule has 9 nitrogen and oxygen atoms in total. The fourth-order valence-electron chi connectivity index (χ4n) is 4.04. The highest BCUT2D eigenvalue weighted by Crippen LogP contribution is 2.33. The van der Waals surface area contributed by atoms with Gasteiger partial charge in [0.2, 0.25) is 0 Å². The molecule has 0 saturated carbocycles. The molecule has 27 heavy (non-hydrogen) atoms. The number of nitrogens with zero attached hydrogens (tertiary/aromatic N) is 6. The van der Waals surface area contributed by atoms with Crippen molar-refractivity contribution in [3.8, 4) is 5.69 Å². The van der Waals surface area contributed by atoms with Crippen LogP contribution in [0.1, 0.15) is 42.4 Å². The smallest absolute Gasteiger partial charge is 0.314 e. The molecule has 0 spiro atoms. The van der Waals surface area contributed by atoms with Crippen molar-refractivity contribution in [1.82, 2.24) is 35.3 Å². The van der Waals surface area contributed by atoms with Crippen LogP contribution in [0.5, 0.6) is 0 Å². The van der Waals surface area contributed by atoms with Gasteiger partial charge in [-0.15, -0.1) is 10.2 Å². The number of hydrogen-bond acceptors (Lipinski definition) is 5. The summed E-state index contributed by atoms with van der Waals surface area (Å²) in [4.78, 5) is 14.9. The molecule has 0 bridgehead atoms. The first-order valence-corrected chi connectivity index (χ1v) is 9.28. The Bertz CT molecular complexity index is 949. The van der Waals surface area contributed by atoms with E-state index < -0.39 is 0 Å². The standard InChI is InChI=1S/C18H20N8O/c27-18(25-11-5-10-15(25)16-20-23-24-21-16)19-17-13-8-4-9-14(13)22-26(17)12-6-2-1-3-7-12/h1-3,6-7,15H,4-5,8-11H2,(H,19,27)(H,20,21,23,24). The van der Waals surface area contributed by atoms with Gasteiger partial charge in [-0.1, -0.05) is 23.4 Å². The van der Waals surface area contributed by atoms with E-state index in [-0.39, 0.29) is 12.1 Å². The Labute approximate surface area is 155 Å². The third-order valence-electron chi connectivity index (χ3n) is 5.31. The summed E-state index contributed by atoms with van der Waals surface area (Å²) in [6, 6.07) is 9.62. The van der Waals surface area contributed by atoms with Crippen molar-refractivity contribution in [1.29, 1.82) is 0 Å². The predicted octanol–water partition coefficient (Wildman–Crippen LogP) is 2.24. The molecule has 3 heterocycles. The summed E-state index contributed by atoms with van der Waals surface area (Å²) in [6.07, 6.45) is 4.72. The van der Waals surface area contributed by atoms with Gasteiger partial charge in [-0.3, -0.25) is 5.32 Å². The van der Waals surface area contributed by atoms with Crippen LogP contribution in [0.15, 0.2) is 30.3 Å². The van der Waals surface area contributed by atoms with Crippen molar-refractivity contribution in [3.05, 3.63) is 47.4 Å². The van der Waals surface area contributed by atoms with Gasteiger partial charge >= 0.3 is 6.03 Å². The number of aromatic amines is 1. The Morgan fingerprint density at radius 2 is 2.07 bits per heavy atom. The number of carbonyl (C=O) groups is 1. The van der Waals surface area contributed by atoms with Gasteiger partial charge in [0.05, 0.1) is 17.4 Å². The SMILES string of the molecule is O=C(Nc1c2c(nn1-c1ccccc1)CCC2)N1CCCC1c1nn[nH]n1. The van der Waals surface area contributed by atoms with Crippen LogP contribution in [0.4, 0.5) is 10.6 Å². The Balaban J connectivity index is 1.46. The normalized spacial score (nSPS) is 18.7. The minimum atomic E-state index is -0.148. The monoisotopic (exact) mass is 364 g/mol. The summed E-state index contributed by atoms with van der Waals surface area (Å²) < 4.78 is 1.85. The van der Waals surface area contributed by atoms with Crippen molar-refractivity contribution < 1.29 is 4.79 Å². The van der Waals surface area contributed by atoms with Gasteiger partial charge < -0.3 is 4.90 Å². The molecular formula is C18H20N8O. The van der Waals surface area contributed by atoms with Crippen LogP contribution in [0.3, 0.4) is 0 Å². The van der Waals surface area contributed by atoms with E-state index in [1.54, 1.807) is 4.90 Å². The lowest BCUT2D eigenvalue weighted by atomic mass is 10.2. The number of amides is 2. The van der Waals surface area contributed by atoms with Crippen LogP contribution < -0.4 is 5.32 Å². The summed E-state index contributed by atoms with van der Waals surface area (Å²) in [6.45, 7) is 0.673. The van der Waals surface area contributed by atoms with E-state index in [2.05, 4.69) is 25.9 Å². The maximum absolute atomic E-state index is 13.1. The van der Waals surface area contributed by atoms with E-state index in [0.29, 0.717) is 12.4 Å². The molecule has 2 aromatic heterocycles. The largest absolute Gasteiger partial charge is 0.323 e. The number of anilines is 1. The summed E-state index contributed by atoms with van der Waals surface area (Å²) >= 11 is 0. The lowest BCUT2D eigenvalue weighted by molar-refractivity contribution is 0.205. The molecule has 1 aromatic carbocycles. The summed E-state index contributed by atoms with van der Waals surface area (Å²) in [7, 11) is 0. The molecule has 1 fully saturated rings. The highest BCUT2D eigenvalue weighted by Gasteiger charge is 2.34. The van der Waals surface area contributed by atoms with Crippen LogP contribution in [-0.4, -0.2) is 47.9 Å². The molecule has 1 atom stereocenters. The second-order valence-electron chi connectivity index (χ2n) is 6.93. The number of likely N-dealkylation sites (tertiary alicyclic amines) is 1. The van der Waals surface area contributed by atoms with Crippen molar-refractivity contribution in [2.45, 2.75) is 38.1 Å². The molecule has 2 N–H and O–H groups in total. The number of fused-ring (bicyclic) bond motifs is 1. The molecule has 9 heteroatoms. The first-order valence-electron chi connectivity index (χ1n) is 9.28. The molecule has 2 amide bonds. The average Bonchev–Trinajstić information content (AvgIpc) is 3.46. The van der Waals surface area contributed by atoms with Crippen LogP contribution in [0.2, 0.25) is 0 Å². The van der Waals surface area contributed by atoms with Crippen LogP contribution in [-0.2, 0) is 12.8 Å². The van der Waals surface area contributed by atoms with Crippen molar-refractivity contribution in [3.63, 3.8) is 0 Å². The van der Waals surface area contributed by atoms with E-state index in [9.17, 15) is 4.79 Å². The van der Waals surface area contributed by atoms with Gasteiger partial charge in [-0.05, 0) is 44.2 Å². The van der Waals surface area contributed by atoms with Gasteiger partial charge in [0.1, 0.15) is 5.82 Å². The molecular weight excluding hydrogens is 344 g/mol. The molecule has 3 aromatic rings. The fourth-order valence-corrected chi connectivity index (χ4v) is 4.04. The lowest BCUT2D eigenvalue weighted by Crippen LogP contribution is -2.35. The zero-order valence-electron chi connectivity index (χ0n) is 14.8. The van der Waals surface area contributed by atoms with Crippen molar-refractivity contribution in [2.75, 3.05) is 11.9 Å². The number of nitrogens with one attached hydrogen (secondary N) is 2. The zero-order chi connectivity index (χ0) is 18.2. The number of benzene rings is 1. The van der Waals surface area contributed by atoms with E-state index in [4.69, 9.17) is 5.10 Å². The Morgan fingerprint density at radius 3 is 2.89 bits per heavy atom. The number of carbonyl (C=O) groups excluding carboxylic acids is 1. The maximum Gasteiger partial charge on any atom is 0.323 e. The number of aromatic nitrogens is 6. The van der Waals surface area contributed by atoms with Gasteiger partial charge in [0, 0.05) is 12.1 Å². The maximum atomic E-state index is 13.1. The molecule has 1 saturated heterocycles. The number of rotatable bonds is 3. The fraction of sp³-hybridized carbons (Fsp3) is 0.389. The number of urea groups is 1. The van der Waals surface area contributed by atoms with Crippen LogP contribution >= 0.6 is 0 Å². The minimum absolute atomic E-state index is 0.144. The number of tetrazole rings is 1. The van der Waals surface area contributed by atoms with Gasteiger partial charge in [-0.25, -0.2) is 9.48 Å². The van der Waals surface area contributed by atoms with Gasteiger partial charge in [0.25, 0.3) is 0 Å². The molecule has 2 aliphatic rings. The van der Waals surface area contributed by atoms with E-state index in [1.165, 1.54) is 0 Å². The molecule has 1 unspecified atom stereocenters. The Kier molecular flexibility index (Phi) is 3.84. The van der Waals surface area contributed by atoms with E-state index in [1.807, 2.05) is 35.0 Å². The quantitative estimate of drug-likeness (QED) is 0.742. The van der Waals surface area contributed by atoms with Gasteiger partial charge in [-0.2, -0.15) is 10.3 Å². The third kappa shape index (κ3) is 2.75. The van der Waals surface area contributed by atoms with Crippen molar-refractivity contribution in [2.24, 2.45) is 0 Å². The lowest BCUT2D eigenvalue weighted by Gasteiger charge is -2.23. The first kappa shape index (κ1) is 16.0. The van der Waals surface area contributed by atoms with E-state index >= 15 is 0 Å². The second-order valence-corrected chi connectivity index (χ2v) is 6.93. The summed E-state index contributed by atoms with van der Waals surface area (Å²) in [5, 5.41) is 22.1. The minimum Gasteiger partial charge on any atom is -0.314 e. The Hall–Kier alpha value is -3.23. The zero-order valence-corrected chi connectivity index (χ0v) is 14.8. The molecule has 5 rings (SSSR count). The van der Waals surface area contributed by atoms with Crippen LogP contribution in [0, 0.1) is 0 Å². The highest BCUT2D eigenvalue weighted by molar-refractivity contribution is 5.90. The molecule has 138 valence electrons.